The molecular formula is C40H53ClN4O6S. The number of amides is 2. The summed E-state index contributed by atoms with van der Waals surface area (Å²) in [5.41, 5.74) is 2.20. The Morgan fingerprint density at radius 1 is 1.00 bits per heavy atom. The van der Waals surface area contributed by atoms with Crippen LogP contribution in [-0.2, 0) is 27.8 Å². The summed E-state index contributed by atoms with van der Waals surface area (Å²) in [6, 6.07) is 11.0. The van der Waals surface area contributed by atoms with Gasteiger partial charge in [0.1, 0.15) is 12.4 Å². The molecule has 2 aromatic rings. The zero-order valence-corrected chi connectivity index (χ0v) is 32.1. The third kappa shape index (κ3) is 9.07. The van der Waals surface area contributed by atoms with E-state index in [0.29, 0.717) is 75.9 Å². The van der Waals surface area contributed by atoms with Crippen molar-refractivity contribution < 1.29 is 27.9 Å². The molecule has 2 bridgehead atoms. The number of benzene rings is 2. The monoisotopic (exact) mass is 752 g/mol. The Labute approximate surface area is 314 Å². The highest BCUT2D eigenvalue weighted by Crippen LogP contribution is 2.46. The highest BCUT2D eigenvalue weighted by molar-refractivity contribution is 7.90. The Morgan fingerprint density at radius 3 is 2.62 bits per heavy atom. The molecule has 282 valence electrons. The van der Waals surface area contributed by atoms with E-state index in [9.17, 15) is 23.1 Å². The molecule has 3 heterocycles. The van der Waals surface area contributed by atoms with E-state index in [-0.39, 0.29) is 29.9 Å². The van der Waals surface area contributed by atoms with Crippen LogP contribution < -0.4 is 14.4 Å². The number of nitrogens with zero attached hydrogens (tertiary/aromatic N) is 3. The minimum Gasteiger partial charge on any atom is -0.487 e. The SMILES string of the molecule is CC#CCN1CCN(C[C@]2(O)CCCCC[C@@H](C)S(=O)(=O)NC(=O)c3ccc4c(c3)N(CCCCc3cc(Cl)ccc3CO4)C[C@@H]3CC[C@H]32)CC1=O. The predicted molar refractivity (Wildman–Crippen MR) is 204 cm³/mol. The Hall–Kier alpha value is -3.30. The van der Waals surface area contributed by atoms with Gasteiger partial charge in [0, 0.05) is 43.3 Å². The summed E-state index contributed by atoms with van der Waals surface area (Å²) in [6.45, 7) is 7.46. The fourth-order valence-electron chi connectivity index (χ4n) is 8.34. The van der Waals surface area contributed by atoms with E-state index < -0.39 is 26.8 Å². The molecule has 0 spiro atoms. The van der Waals surface area contributed by atoms with Crippen molar-refractivity contribution in [2.75, 3.05) is 50.7 Å². The van der Waals surface area contributed by atoms with Gasteiger partial charge < -0.3 is 19.6 Å². The first-order valence-corrected chi connectivity index (χ1v) is 20.9. The molecule has 6 rings (SSSR count). The van der Waals surface area contributed by atoms with Crippen molar-refractivity contribution >= 4 is 39.1 Å². The Morgan fingerprint density at radius 2 is 1.85 bits per heavy atom. The maximum atomic E-state index is 13.5. The van der Waals surface area contributed by atoms with Crippen LogP contribution in [0.15, 0.2) is 36.4 Å². The number of carbonyl (C=O) groups is 2. The molecule has 4 atom stereocenters. The van der Waals surface area contributed by atoms with Gasteiger partial charge in [0.15, 0.2) is 0 Å². The number of fused-ring (bicyclic) bond motifs is 3. The van der Waals surface area contributed by atoms with E-state index in [0.717, 1.165) is 61.8 Å². The number of rotatable bonds is 3. The van der Waals surface area contributed by atoms with Crippen LogP contribution in [0.5, 0.6) is 5.75 Å². The summed E-state index contributed by atoms with van der Waals surface area (Å²) < 4.78 is 35.4. The van der Waals surface area contributed by atoms with Crippen molar-refractivity contribution in [3.8, 4) is 17.6 Å². The Kier molecular flexibility index (Phi) is 12.4. The number of sulfonamides is 1. The third-order valence-electron chi connectivity index (χ3n) is 11.6. The van der Waals surface area contributed by atoms with Crippen LogP contribution >= 0.6 is 11.6 Å². The molecule has 0 radical (unpaired) electrons. The molecule has 1 saturated heterocycles. The van der Waals surface area contributed by atoms with Crippen LogP contribution in [0.25, 0.3) is 0 Å². The Bertz CT molecular complexity index is 1790. The molecule has 2 fully saturated rings. The van der Waals surface area contributed by atoms with Gasteiger partial charge in [-0.15, -0.1) is 5.92 Å². The summed E-state index contributed by atoms with van der Waals surface area (Å²) in [7, 11) is -3.91. The number of hydrogen-bond acceptors (Lipinski definition) is 8. The molecular weight excluding hydrogens is 700 g/mol. The van der Waals surface area contributed by atoms with E-state index in [1.54, 1.807) is 36.9 Å². The van der Waals surface area contributed by atoms with Gasteiger partial charge in [0.05, 0.1) is 29.6 Å². The lowest BCUT2D eigenvalue weighted by atomic mass is 9.63. The van der Waals surface area contributed by atoms with Gasteiger partial charge in [-0.05, 0) is 112 Å². The van der Waals surface area contributed by atoms with Crippen molar-refractivity contribution in [1.82, 2.24) is 14.5 Å². The second-order valence-electron chi connectivity index (χ2n) is 15.2. The highest BCUT2D eigenvalue weighted by Gasteiger charge is 2.48. The van der Waals surface area contributed by atoms with Crippen LogP contribution in [0.2, 0.25) is 5.02 Å². The largest absolute Gasteiger partial charge is 0.487 e. The van der Waals surface area contributed by atoms with Gasteiger partial charge in [0.25, 0.3) is 5.91 Å². The number of piperazine rings is 1. The first-order chi connectivity index (χ1) is 25.0. The van der Waals surface area contributed by atoms with Crippen LogP contribution in [-0.4, -0.2) is 91.8 Å². The molecule has 1 aliphatic carbocycles. The second kappa shape index (κ2) is 16.8. The Balaban J connectivity index is 1.32. The topological polar surface area (TPSA) is 119 Å². The normalized spacial score (nSPS) is 27.6. The first-order valence-electron chi connectivity index (χ1n) is 18.9. The van der Waals surface area contributed by atoms with E-state index in [1.807, 2.05) is 18.2 Å². The standard InChI is InChI=1S/C40H53ClN4O6S/c1-3-4-19-44-22-21-43(26-38(44)46)28-40(48)18-8-5-6-10-29(2)52(49,50)42-39(47)31-14-17-37-36(24-31)45(25-32-13-16-35(32)40)20-9-7-11-30-23-34(41)15-12-33(30)27-51-37/h12,14-15,17,23-24,29,32,35,48H,5-11,13,16,18-22,25-28H2,1-2H3,(H,42,47)/t29-,32+,35-,40-/m1/s1. The molecule has 1 saturated carbocycles. The van der Waals surface area contributed by atoms with Crippen molar-refractivity contribution in [1.29, 1.82) is 0 Å². The van der Waals surface area contributed by atoms with Gasteiger partial charge in [-0.2, -0.15) is 0 Å². The fourth-order valence-corrected chi connectivity index (χ4v) is 9.59. The summed E-state index contributed by atoms with van der Waals surface area (Å²) in [6.07, 6.45) is 7.67. The minimum absolute atomic E-state index is 0.0296. The van der Waals surface area contributed by atoms with Gasteiger partial charge in [-0.3, -0.25) is 14.5 Å². The predicted octanol–water partition coefficient (Wildman–Crippen LogP) is 5.40. The number of β-amino-alcohol motifs (C(OH)–C–C–N with tert-alkyl or cyclic N) is 1. The van der Waals surface area contributed by atoms with Crippen LogP contribution in [0.4, 0.5) is 5.69 Å². The maximum Gasteiger partial charge on any atom is 0.264 e. The van der Waals surface area contributed by atoms with Crippen LogP contribution in [0, 0.1) is 23.7 Å². The van der Waals surface area contributed by atoms with E-state index in [2.05, 4.69) is 26.4 Å². The summed E-state index contributed by atoms with van der Waals surface area (Å²) >= 11 is 6.37. The number of halogens is 1. The molecule has 2 N–H and O–H groups in total. The molecule has 3 aliphatic heterocycles. The number of aryl methyl sites for hydroxylation is 1. The lowest BCUT2D eigenvalue weighted by molar-refractivity contribution is -0.141. The lowest BCUT2D eigenvalue weighted by Crippen LogP contribution is -2.59. The molecule has 2 amide bonds. The lowest BCUT2D eigenvalue weighted by Gasteiger charge is -2.51. The number of nitrogens with one attached hydrogen (secondary N) is 1. The molecule has 0 unspecified atom stereocenters. The summed E-state index contributed by atoms with van der Waals surface area (Å²) in [5, 5.41) is 12.6. The smallest absolute Gasteiger partial charge is 0.264 e. The van der Waals surface area contributed by atoms with Crippen molar-refractivity contribution in [3.05, 3.63) is 58.1 Å². The first kappa shape index (κ1) is 38.4. The minimum atomic E-state index is -3.91. The zero-order chi connectivity index (χ0) is 36.9. The van der Waals surface area contributed by atoms with E-state index in [1.165, 1.54) is 0 Å². The number of hydrogen-bond donors (Lipinski definition) is 2. The number of carbonyl (C=O) groups excluding carboxylic acids is 2. The molecule has 4 aliphatic rings. The average molecular weight is 753 g/mol. The number of aliphatic hydroxyl groups is 1. The second-order valence-corrected chi connectivity index (χ2v) is 17.7. The van der Waals surface area contributed by atoms with Gasteiger partial charge in [-0.25, -0.2) is 13.1 Å². The molecule has 10 nitrogen and oxygen atoms in total. The van der Waals surface area contributed by atoms with Crippen LogP contribution in [0.3, 0.4) is 0 Å². The summed E-state index contributed by atoms with van der Waals surface area (Å²) in [4.78, 5) is 32.7. The van der Waals surface area contributed by atoms with E-state index in [4.69, 9.17) is 16.3 Å². The van der Waals surface area contributed by atoms with Crippen LogP contribution in [0.1, 0.15) is 93.1 Å². The van der Waals surface area contributed by atoms with Gasteiger partial charge in [-0.1, -0.05) is 42.9 Å². The quantitative estimate of drug-likeness (QED) is 0.401. The number of ether oxygens (including phenoxy) is 1. The molecule has 0 aromatic heterocycles. The highest BCUT2D eigenvalue weighted by atomic mass is 35.5. The summed E-state index contributed by atoms with van der Waals surface area (Å²) in [5.74, 6) is 6.08. The molecule has 52 heavy (non-hydrogen) atoms. The number of anilines is 1. The zero-order valence-electron chi connectivity index (χ0n) is 30.5. The van der Waals surface area contributed by atoms with Crippen molar-refractivity contribution in [2.45, 2.75) is 95.5 Å². The molecule has 2 aromatic carbocycles. The van der Waals surface area contributed by atoms with Gasteiger partial charge in [0.2, 0.25) is 15.9 Å². The van der Waals surface area contributed by atoms with Gasteiger partial charge >= 0.3 is 0 Å². The molecule has 12 heteroatoms. The van der Waals surface area contributed by atoms with Crippen molar-refractivity contribution in [3.63, 3.8) is 0 Å². The van der Waals surface area contributed by atoms with Crippen molar-refractivity contribution in [2.24, 2.45) is 11.8 Å². The third-order valence-corrected chi connectivity index (χ3v) is 13.6. The maximum absolute atomic E-state index is 13.5. The average Bonchev–Trinajstić information content (AvgIpc) is 3.12. The fraction of sp³-hybridized carbons (Fsp3) is 0.600. The van der Waals surface area contributed by atoms with E-state index >= 15 is 0 Å².